The van der Waals surface area contributed by atoms with E-state index in [1.54, 1.807) is 18.2 Å². The summed E-state index contributed by atoms with van der Waals surface area (Å²) in [5, 5.41) is 14.9. The molecule has 0 aliphatic rings. The van der Waals surface area contributed by atoms with E-state index >= 15 is 0 Å². The van der Waals surface area contributed by atoms with Gasteiger partial charge in [0, 0.05) is 16.3 Å². The van der Waals surface area contributed by atoms with Crippen LogP contribution < -0.4 is 10.4 Å². The minimum Gasteiger partial charge on any atom is -0.545 e. The average Bonchev–Trinajstić information content (AvgIpc) is 2.34. The van der Waals surface area contributed by atoms with E-state index in [0.717, 1.165) is 0 Å². The van der Waals surface area contributed by atoms with Crippen molar-refractivity contribution < 1.29 is 9.90 Å². The molecule has 2 rings (SSSR count). The third kappa shape index (κ3) is 3.13. The number of nitrogens with one attached hydrogen (secondary N) is 1. The van der Waals surface area contributed by atoms with Crippen molar-refractivity contribution >= 4 is 52.1 Å². The van der Waals surface area contributed by atoms with Crippen LogP contribution in [0, 0.1) is 0 Å². The molecule has 2 aromatic rings. The third-order valence-electron chi connectivity index (χ3n) is 2.41. The van der Waals surface area contributed by atoms with Crippen LogP contribution in [0.25, 0.3) is 0 Å². The first-order valence-electron chi connectivity index (χ1n) is 5.21. The topological polar surface area (TPSA) is 52.2 Å². The number of para-hydroxylation sites is 1. The molecule has 6 heteroatoms. The summed E-state index contributed by atoms with van der Waals surface area (Å²) in [4.78, 5) is 11.0. The highest BCUT2D eigenvalue weighted by Gasteiger charge is 2.10. The van der Waals surface area contributed by atoms with E-state index in [4.69, 9.17) is 34.8 Å². The van der Waals surface area contributed by atoms with Gasteiger partial charge in [0.05, 0.1) is 21.7 Å². The van der Waals surface area contributed by atoms with Gasteiger partial charge in [-0.3, -0.25) is 0 Å². The fraction of sp³-hybridized carbons (Fsp3) is 0. The average molecular weight is 316 g/mol. The predicted molar refractivity (Wildman–Crippen MR) is 75.5 cm³/mol. The van der Waals surface area contributed by atoms with Crippen molar-refractivity contribution in [3.8, 4) is 0 Å². The van der Waals surface area contributed by atoms with E-state index in [2.05, 4.69) is 5.32 Å². The number of carbonyl (C=O) groups is 1. The Morgan fingerprint density at radius 1 is 1.05 bits per heavy atom. The van der Waals surface area contributed by atoms with Gasteiger partial charge in [0.25, 0.3) is 0 Å². The molecule has 0 fully saturated rings. The Morgan fingerprint density at radius 3 is 2.21 bits per heavy atom. The Labute approximate surface area is 124 Å². The fourth-order valence-electron chi connectivity index (χ4n) is 1.57. The summed E-state index contributed by atoms with van der Waals surface area (Å²) < 4.78 is 0. The molecule has 3 nitrogen and oxygen atoms in total. The van der Waals surface area contributed by atoms with E-state index in [9.17, 15) is 9.90 Å². The molecule has 0 saturated carbocycles. The number of hydrogen-bond acceptors (Lipinski definition) is 3. The fourth-order valence-corrected chi connectivity index (χ4v) is 2.48. The predicted octanol–water partition coefficient (Wildman–Crippen LogP) is 3.75. The van der Waals surface area contributed by atoms with Crippen LogP contribution in [-0.4, -0.2) is 5.97 Å². The maximum atomic E-state index is 11.0. The summed E-state index contributed by atoms with van der Waals surface area (Å²) in [6, 6.07) is 9.33. The summed E-state index contributed by atoms with van der Waals surface area (Å²) in [6.07, 6.45) is 0. The second kappa shape index (κ2) is 5.70. The van der Waals surface area contributed by atoms with Crippen LogP contribution >= 0.6 is 34.8 Å². The number of anilines is 2. The molecule has 1 N–H and O–H groups in total. The van der Waals surface area contributed by atoms with Crippen molar-refractivity contribution in [2.45, 2.75) is 0 Å². The molecule has 0 spiro atoms. The summed E-state index contributed by atoms with van der Waals surface area (Å²) in [5.41, 5.74) is 0.750. The number of carboxylic acids is 1. The molecule has 0 saturated heterocycles. The first kappa shape index (κ1) is 14.0. The maximum absolute atomic E-state index is 11.0. The number of aromatic carboxylic acids is 1. The number of benzene rings is 2. The van der Waals surface area contributed by atoms with Crippen LogP contribution in [0.4, 0.5) is 11.4 Å². The standard InChI is InChI=1S/C13H8Cl3NO2/c14-7-5-9(15)12(10(16)6-7)17-11-4-2-1-3-8(11)13(18)19/h1-6,17H,(H,18,19)/p-1. The molecule has 0 amide bonds. The van der Waals surface area contributed by atoms with Gasteiger partial charge >= 0.3 is 0 Å². The summed E-state index contributed by atoms with van der Waals surface area (Å²) in [6.45, 7) is 0. The number of hydrogen-bond donors (Lipinski definition) is 1. The lowest BCUT2D eigenvalue weighted by Crippen LogP contribution is -2.23. The molecule has 0 aliphatic carbocycles. The minimum atomic E-state index is -1.29. The van der Waals surface area contributed by atoms with Crippen molar-refractivity contribution in [3.05, 3.63) is 57.0 Å². The zero-order chi connectivity index (χ0) is 14.0. The number of halogens is 3. The first-order valence-corrected chi connectivity index (χ1v) is 6.34. The zero-order valence-electron chi connectivity index (χ0n) is 9.41. The third-order valence-corrected chi connectivity index (χ3v) is 3.23. The molecule has 0 aliphatic heterocycles. The van der Waals surface area contributed by atoms with Crippen LogP contribution in [0.15, 0.2) is 36.4 Å². The summed E-state index contributed by atoms with van der Waals surface area (Å²) in [7, 11) is 0. The van der Waals surface area contributed by atoms with E-state index in [1.165, 1.54) is 18.2 Å². The Bertz CT molecular complexity index is 621. The van der Waals surface area contributed by atoms with Crippen molar-refractivity contribution in [1.82, 2.24) is 0 Å². The second-order valence-corrected chi connectivity index (χ2v) is 4.95. The second-order valence-electron chi connectivity index (χ2n) is 3.70. The quantitative estimate of drug-likeness (QED) is 0.938. The smallest absolute Gasteiger partial charge is 0.0764 e. The van der Waals surface area contributed by atoms with Crippen molar-refractivity contribution in [3.63, 3.8) is 0 Å². The number of carboxylic acid groups (broad SMARTS) is 1. The van der Waals surface area contributed by atoms with Gasteiger partial charge in [-0.2, -0.15) is 0 Å². The highest BCUT2D eigenvalue weighted by molar-refractivity contribution is 6.41. The molecular weight excluding hydrogens is 309 g/mol. The first-order chi connectivity index (χ1) is 8.99. The Balaban J connectivity index is 2.45. The number of carbonyl (C=O) groups excluding carboxylic acids is 1. The summed E-state index contributed by atoms with van der Waals surface area (Å²) >= 11 is 17.9. The molecule has 0 radical (unpaired) electrons. The maximum Gasteiger partial charge on any atom is 0.0764 e. The van der Waals surface area contributed by atoms with Crippen molar-refractivity contribution in [2.75, 3.05) is 5.32 Å². The molecule has 0 heterocycles. The molecule has 98 valence electrons. The molecule has 0 unspecified atom stereocenters. The van der Waals surface area contributed by atoms with Crippen LogP contribution in [0.5, 0.6) is 0 Å². The molecular formula is C13H7Cl3NO2-. The Hall–Kier alpha value is -1.42. The minimum absolute atomic E-state index is 0.0181. The molecule has 2 aromatic carbocycles. The lowest BCUT2D eigenvalue weighted by molar-refractivity contribution is -0.254. The van der Waals surface area contributed by atoms with Crippen LogP contribution in [-0.2, 0) is 0 Å². The normalized spacial score (nSPS) is 10.3. The molecule has 0 aromatic heterocycles. The van der Waals surface area contributed by atoms with E-state index < -0.39 is 5.97 Å². The van der Waals surface area contributed by atoms with Crippen LogP contribution in [0.1, 0.15) is 10.4 Å². The van der Waals surface area contributed by atoms with Gasteiger partial charge < -0.3 is 15.2 Å². The van der Waals surface area contributed by atoms with Gasteiger partial charge in [-0.15, -0.1) is 0 Å². The van der Waals surface area contributed by atoms with Gasteiger partial charge in [0.15, 0.2) is 0 Å². The monoisotopic (exact) mass is 314 g/mol. The highest BCUT2D eigenvalue weighted by atomic mass is 35.5. The number of rotatable bonds is 3. The lowest BCUT2D eigenvalue weighted by atomic mass is 10.1. The van der Waals surface area contributed by atoms with Crippen molar-refractivity contribution in [2.24, 2.45) is 0 Å². The SMILES string of the molecule is O=C([O-])c1ccccc1Nc1c(Cl)cc(Cl)cc1Cl. The molecule has 19 heavy (non-hydrogen) atoms. The van der Waals surface area contributed by atoms with Gasteiger partial charge in [0.1, 0.15) is 0 Å². The largest absolute Gasteiger partial charge is 0.545 e. The van der Waals surface area contributed by atoms with Crippen LogP contribution in [0.2, 0.25) is 15.1 Å². The highest BCUT2D eigenvalue weighted by Crippen LogP contribution is 2.36. The Morgan fingerprint density at radius 2 is 1.63 bits per heavy atom. The van der Waals surface area contributed by atoms with E-state index in [0.29, 0.717) is 26.4 Å². The van der Waals surface area contributed by atoms with E-state index in [1.807, 2.05) is 0 Å². The molecule has 0 bridgehead atoms. The van der Waals surface area contributed by atoms with Gasteiger partial charge in [-0.05, 0) is 18.2 Å². The Kier molecular flexibility index (Phi) is 4.20. The lowest BCUT2D eigenvalue weighted by Gasteiger charge is -2.15. The van der Waals surface area contributed by atoms with E-state index in [-0.39, 0.29) is 5.56 Å². The van der Waals surface area contributed by atoms with Gasteiger partial charge in [-0.25, -0.2) is 0 Å². The van der Waals surface area contributed by atoms with Gasteiger partial charge in [-0.1, -0.05) is 53.0 Å². The van der Waals surface area contributed by atoms with Crippen LogP contribution in [0.3, 0.4) is 0 Å². The van der Waals surface area contributed by atoms with Crippen molar-refractivity contribution in [1.29, 1.82) is 0 Å². The van der Waals surface area contributed by atoms with Gasteiger partial charge in [0.2, 0.25) is 0 Å². The summed E-state index contributed by atoms with van der Waals surface area (Å²) in [5.74, 6) is -1.29. The molecule has 0 atom stereocenters. The zero-order valence-corrected chi connectivity index (χ0v) is 11.7.